The van der Waals surface area contributed by atoms with E-state index in [-0.39, 0.29) is 15.7 Å². The quantitative estimate of drug-likeness (QED) is 0.829. The van der Waals surface area contributed by atoms with Crippen LogP contribution in [0.4, 0.5) is 5.69 Å². The molecule has 0 aliphatic heterocycles. The Morgan fingerprint density at radius 2 is 1.60 bits per heavy atom. The summed E-state index contributed by atoms with van der Waals surface area (Å²) in [6.45, 7) is 0.605. The molecule has 2 aromatic rings. The van der Waals surface area contributed by atoms with Gasteiger partial charge in [-0.3, -0.25) is 0 Å². The van der Waals surface area contributed by atoms with Crippen LogP contribution >= 0.6 is 11.6 Å². The molecule has 1 N–H and O–H groups in total. The minimum Gasteiger partial charge on any atom is -0.385 e. The molecule has 0 spiro atoms. The maximum absolute atomic E-state index is 12.2. The molecule has 0 unspecified atom stereocenters. The molecule has 0 saturated carbocycles. The van der Waals surface area contributed by atoms with Gasteiger partial charge in [0, 0.05) is 12.2 Å². The highest BCUT2D eigenvalue weighted by Crippen LogP contribution is 2.22. The Kier molecular flexibility index (Phi) is 5.04. The molecule has 0 atom stereocenters. The van der Waals surface area contributed by atoms with E-state index in [0.717, 1.165) is 5.69 Å². The first kappa shape index (κ1) is 14.9. The number of hydrogen-bond acceptors (Lipinski definition) is 3. The van der Waals surface area contributed by atoms with Crippen LogP contribution < -0.4 is 5.32 Å². The summed E-state index contributed by atoms with van der Waals surface area (Å²) < 4.78 is 24.3. The van der Waals surface area contributed by atoms with E-state index in [4.69, 9.17) is 11.6 Å². The third-order valence-electron chi connectivity index (χ3n) is 2.86. The zero-order valence-corrected chi connectivity index (χ0v) is 12.5. The largest absolute Gasteiger partial charge is 0.385 e. The van der Waals surface area contributed by atoms with Crippen molar-refractivity contribution in [1.29, 1.82) is 0 Å². The average molecular weight is 310 g/mol. The van der Waals surface area contributed by atoms with Gasteiger partial charge in [-0.05, 0) is 30.7 Å². The van der Waals surface area contributed by atoms with E-state index in [1.54, 1.807) is 24.3 Å². The highest BCUT2D eigenvalue weighted by atomic mass is 35.5. The Labute approximate surface area is 124 Å². The number of para-hydroxylation sites is 1. The number of nitrogens with one attached hydrogen (secondary N) is 1. The number of rotatable bonds is 6. The molecule has 3 nitrogen and oxygen atoms in total. The molecule has 2 rings (SSSR count). The van der Waals surface area contributed by atoms with Crippen molar-refractivity contribution in [3.8, 4) is 0 Å². The summed E-state index contributed by atoms with van der Waals surface area (Å²) in [6.07, 6.45) is 0.530. The van der Waals surface area contributed by atoms with Crippen molar-refractivity contribution in [2.24, 2.45) is 0 Å². The molecule has 0 aliphatic rings. The zero-order chi connectivity index (χ0) is 14.4. The summed E-state index contributed by atoms with van der Waals surface area (Å²) in [5, 5.41) is 3.47. The predicted octanol–water partition coefficient (Wildman–Crippen LogP) is 3.62. The first-order valence-corrected chi connectivity index (χ1v) is 8.39. The maximum Gasteiger partial charge on any atom is 0.179 e. The molecular formula is C15H16ClNO2S. The third-order valence-corrected chi connectivity index (χ3v) is 5.16. The summed E-state index contributed by atoms with van der Waals surface area (Å²) in [5.74, 6) is 0.0799. The first-order valence-electron chi connectivity index (χ1n) is 6.36. The van der Waals surface area contributed by atoms with Crippen LogP contribution in [-0.2, 0) is 9.84 Å². The molecule has 0 heterocycles. The third kappa shape index (κ3) is 3.99. The molecule has 2 aromatic carbocycles. The highest BCUT2D eigenvalue weighted by Gasteiger charge is 2.16. The van der Waals surface area contributed by atoms with Crippen LogP contribution in [0.25, 0.3) is 0 Å². The van der Waals surface area contributed by atoms with Crippen molar-refractivity contribution in [2.45, 2.75) is 11.3 Å². The zero-order valence-electron chi connectivity index (χ0n) is 10.9. The minimum absolute atomic E-state index is 0.0799. The predicted molar refractivity (Wildman–Crippen MR) is 83.1 cm³/mol. The lowest BCUT2D eigenvalue weighted by atomic mass is 10.3. The smallest absolute Gasteiger partial charge is 0.179 e. The Hall–Kier alpha value is -1.52. The van der Waals surface area contributed by atoms with Crippen molar-refractivity contribution in [1.82, 2.24) is 0 Å². The van der Waals surface area contributed by atoms with Crippen LogP contribution in [0.15, 0.2) is 59.5 Å². The van der Waals surface area contributed by atoms with E-state index in [1.165, 1.54) is 0 Å². The van der Waals surface area contributed by atoms with E-state index >= 15 is 0 Å². The lowest BCUT2D eigenvalue weighted by Gasteiger charge is -2.08. The van der Waals surface area contributed by atoms with Crippen LogP contribution in [0.5, 0.6) is 0 Å². The Morgan fingerprint density at radius 1 is 0.950 bits per heavy atom. The summed E-state index contributed by atoms with van der Waals surface area (Å²) in [6, 6.07) is 16.2. The summed E-state index contributed by atoms with van der Waals surface area (Å²) in [7, 11) is -3.32. The highest BCUT2D eigenvalue weighted by molar-refractivity contribution is 7.91. The second kappa shape index (κ2) is 6.77. The molecule has 20 heavy (non-hydrogen) atoms. The van der Waals surface area contributed by atoms with Gasteiger partial charge in [-0.2, -0.15) is 0 Å². The van der Waals surface area contributed by atoms with E-state index in [2.05, 4.69) is 5.32 Å². The van der Waals surface area contributed by atoms with E-state index in [0.29, 0.717) is 13.0 Å². The standard InChI is InChI=1S/C15H16ClNO2S/c16-14-9-4-5-10-15(14)20(18,19)12-6-11-17-13-7-2-1-3-8-13/h1-5,7-10,17H,6,11-12H2. The van der Waals surface area contributed by atoms with Gasteiger partial charge in [-0.1, -0.05) is 41.9 Å². The van der Waals surface area contributed by atoms with Gasteiger partial charge in [0.2, 0.25) is 0 Å². The number of hydrogen-bond donors (Lipinski definition) is 1. The molecule has 0 aliphatic carbocycles. The molecule has 0 saturated heterocycles. The summed E-state index contributed by atoms with van der Waals surface area (Å²) in [5.41, 5.74) is 0.989. The second-order valence-electron chi connectivity index (χ2n) is 4.40. The first-order chi connectivity index (χ1) is 9.59. The summed E-state index contributed by atoms with van der Waals surface area (Å²) in [4.78, 5) is 0.210. The van der Waals surface area contributed by atoms with Gasteiger partial charge >= 0.3 is 0 Å². The lowest BCUT2D eigenvalue weighted by molar-refractivity contribution is 0.594. The van der Waals surface area contributed by atoms with Gasteiger partial charge in [-0.25, -0.2) is 8.42 Å². The summed E-state index contributed by atoms with van der Waals surface area (Å²) >= 11 is 5.92. The molecule has 0 amide bonds. The van der Waals surface area contributed by atoms with Gasteiger partial charge in [-0.15, -0.1) is 0 Å². The van der Waals surface area contributed by atoms with Crippen LogP contribution in [0.2, 0.25) is 5.02 Å². The van der Waals surface area contributed by atoms with E-state index in [1.807, 2.05) is 30.3 Å². The minimum atomic E-state index is -3.32. The van der Waals surface area contributed by atoms with Gasteiger partial charge in [0.05, 0.1) is 15.7 Å². The number of benzene rings is 2. The van der Waals surface area contributed by atoms with Gasteiger partial charge < -0.3 is 5.32 Å². The number of anilines is 1. The normalized spacial score (nSPS) is 11.2. The molecule has 0 radical (unpaired) electrons. The lowest BCUT2D eigenvalue weighted by Crippen LogP contribution is -2.12. The second-order valence-corrected chi connectivity index (χ2v) is 6.88. The number of sulfone groups is 1. The van der Waals surface area contributed by atoms with Crippen LogP contribution in [0.1, 0.15) is 6.42 Å². The van der Waals surface area contributed by atoms with Crippen molar-refractivity contribution in [3.63, 3.8) is 0 Å². The van der Waals surface area contributed by atoms with Crippen LogP contribution in [0.3, 0.4) is 0 Å². The monoisotopic (exact) mass is 309 g/mol. The molecule has 106 valence electrons. The Bertz CT molecular complexity index is 657. The molecule has 0 fully saturated rings. The van der Waals surface area contributed by atoms with Crippen molar-refractivity contribution >= 4 is 27.1 Å². The maximum atomic E-state index is 12.2. The molecule has 0 aromatic heterocycles. The molecule has 0 bridgehead atoms. The van der Waals surface area contributed by atoms with Gasteiger partial charge in [0.15, 0.2) is 9.84 Å². The topological polar surface area (TPSA) is 46.2 Å². The van der Waals surface area contributed by atoms with Gasteiger partial charge in [0.1, 0.15) is 0 Å². The fraction of sp³-hybridized carbons (Fsp3) is 0.200. The Balaban J connectivity index is 1.89. The van der Waals surface area contributed by atoms with E-state index < -0.39 is 9.84 Å². The molecular weight excluding hydrogens is 294 g/mol. The van der Waals surface area contributed by atoms with Crippen LogP contribution in [-0.4, -0.2) is 20.7 Å². The average Bonchev–Trinajstić information content (AvgIpc) is 2.45. The fourth-order valence-corrected chi connectivity index (χ4v) is 3.74. The van der Waals surface area contributed by atoms with Crippen molar-refractivity contribution in [3.05, 3.63) is 59.6 Å². The van der Waals surface area contributed by atoms with Gasteiger partial charge in [0.25, 0.3) is 0 Å². The van der Waals surface area contributed by atoms with E-state index in [9.17, 15) is 8.42 Å². The van der Waals surface area contributed by atoms with Crippen molar-refractivity contribution in [2.75, 3.05) is 17.6 Å². The Morgan fingerprint density at radius 3 is 2.30 bits per heavy atom. The van der Waals surface area contributed by atoms with Crippen LogP contribution in [0, 0.1) is 0 Å². The number of halogens is 1. The van der Waals surface area contributed by atoms with Crippen molar-refractivity contribution < 1.29 is 8.42 Å². The fourth-order valence-electron chi connectivity index (χ4n) is 1.86. The SMILES string of the molecule is O=S(=O)(CCCNc1ccccc1)c1ccccc1Cl. The molecule has 5 heteroatoms.